The van der Waals surface area contributed by atoms with E-state index in [2.05, 4.69) is 36.5 Å². The SMILES string of the molecule is CC(C)(C)c1nc(CNCC(O)C(C)(C)C)cs1. The molecule has 0 saturated carbocycles. The summed E-state index contributed by atoms with van der Waals surface area (Å²) in [7, 11) is 0. The van der Waals surface area contributed by atoms with Crippen LogP contribution in [0.5, 0.6) is 0 Å². The van der Waals surface area contributed by atoms with Crippen LogP contribution >= 0.6 is 11.3 Å². The molecule has 18 heavy (non-hydrogen) atoms. The van der Waals surface area contributed by atoms with Crippen LogP contribution < -0.4 is 5.32 Å². The molecule has 0 fully saturated rings. The van der Waals surface area contributed by atoms with Gasteiger partial charge in [0.25, 0.3) is 0 Å². The molecule has 1 heterocycles. The van der Waals surface area contributed by atoms with E-state index >= 15 is 0 Å². The maximum absolute atomic E-state index is 9.92. The molecular weight excluding hydrogens is 244 g/mol. The van der Waals surface area contributed by atoms with Gasteiger partial charge in [-0.1, -0.05) is 41.5 Å². The molecule has 0 aliphatic heterocycles. The van der Waals surface area contributed by atoms with Gasteiger partial charge in [-0.2, -0.15) is 0 Å². The Balaban J connectivity index is 2.43. The molecule has 0 saturated heterocycles. The molecule has 1 atom stereocenters. The Kier molecular flexibility index (Phi) is 4.92. The lowest BCUT2D eigenvalue weighted by Crippen LogP contribution is -2.36. The number of rotatable bonds is 4. The molecule has 0 bridgehead atoms. The van der Waals surface area contributed by atoms with Crippen LogP contribution in [0.2, 0.25) is 0 Å². The monoisotopic (exact) mass is 270 g/mol. The Labute approximate surface area is 115 Å². The van der Waals surface area contributed by atoms with Crippen LogP contribution in [0.25, 0.3) is 0 Å². The fourth-order valence-corrected chi connectivity index (χ4v) is 2.28. The Bertz CT molecular complexity index is 374. The third-order valence-corrected chi connectivity index (χ3v) is 4.15. The lowest BCUT2D eigenvalue weighted by molar-refractivity contribution is 0.0627. The fourth-order valence-electron chi connectivity index (χ4n) is 1.38. The van der Waals surface area contributed by atoms with Gasteiger partial charge in [-0.05, 0) is 5.41 Å². The van der Waals surface area contributed by atoms with Gasteiger partial charge in [0.05, 0.1) is 16.8 Å². The standard InChI is InChI=1S/C14H26N2OS/c1-13(2,3)11(17)8-15-7-10-9-18-12(16-10)14(4,5)6/h9,11,15,17H,7-8H2,1-6H3. The molecule has 1 rings (SSSR count). The summed E-state index contributed by atoms with van der Waals surface area (Å²) in [6.45, 7) is 14.0. The zero-order chi connectivity index (χ0) is 14.0. The van der Waals surface area contributed by atoms with Crippen molar-refractivity contribution in [3.63, 3.8) is 0 Å². The van der Waals surface area contributed by atoms with E-state index in [1.807, 2.05) is 20.8 Å². The first-order chi connectivity index (χ1) is 8.10. The number of nitrogens with one attached hydrogen (secondary N) is 1. The van der Waals surface area contributed by atoms with Crippen LogP contribution in [0.3, 0.4) is 0 Å². The first-order valence-corrected chi connectivity index (χ1v) is 7.32. The second kappa shape index (κ2) is 5.68. The van der Waals surface area contributed by atoms with Crippen molar-refractivity contribution in [3.8, 4) is 0 Å². The Morgan fingerprint density at radius 2 is 1.89 bits per heavy atom. The number of aromatic nitrogens is 1. The largest absolute Gasteiger partial charge is 0.391 e. The molecule has 0 aliphatic rings. The van der Waals surface area contributed by atoms with E-state index in [1.165, 1.54) is 0 Å². The zero-order valence-corrected chi connectivity index (χ0v) is 13.2. The van der Waals surface area contributed by atoms with Crippen LogP contribution in [0.4, 0.5) is 0 Å². The summed E-state index contributed by atoms with van der Waals surface area (Å²) in [5.74, 6) is 0. The number of nitrogens with zero attached hydrogens (tertiary/aromatic N) is 1. The Morgan fingerprint density at radius 3 is 2.33 bits per heavy atom. The van der Waals surface area contributed by atoms with E-state index in [0.29, 0.717) is 6.54 Å². The summed E-state index contributed by atoms with van der Waals surface area (Å²) in [5, 5.41) is 16.4. The Morgan fingerprint density at radius 1 is 1.28 bits per heavy atom. The predicted molar refractivity (Wildman–Crippen MR) is 78.0 cm³/mol. The van der Waals surface area contributed by atoms with Gasteiger partial charge in [0, 0.05) is 23.9 Å². The van der Waals surface area contributed by atoms with Crippen LogP contribution in [0.15, 0.2) is 5.38 Å². The predicted octanol–water partition coefficient (Wildman–Crippen LogP) is 2.94. The molecule has 3 nitrogen and oxygen atoms in total. The quantitative estimate of drug-likeness (QED) is 0.884. The van der Waals surface area contributed by atoms with Gasteiger partial charge < -0.3 is 10.4 Å². The topological polar surface area (TPSA) is 45.2 Å². The molecule has 0 radical (unpaired) electrons. The van der Waals surface area contributed by atoms with Gasteiger partial charge in [-0.3, -0.25) is 0 Å². The summed E-state index contributed by atoms with van der Waals surface area (Å²) in [5.41, 5.74) is 1.10. The number of aliphatic hydroxyl groups is 1. The minimum atomic E-state index is -0.335. The first-order valence-electron chi connectivity index (χ1n) is 6.44. The van der Waals surface area contributed by atoms with Gasteiger partial charge in [-0.25, -0.2) is 4.98 Å². The molecule has 0 aromatic carbocycles. The summed E-state index contributed by atoms with van der Waals surface area (Å²) in [6.07, 6.45) is -0.335. The average molecular weight is 270 g/mol. The molecule has 0 aliphatic carbocycles. The second-order valence-electron chi connectivity index (χ2n) is 6.91. The first kappa shape index (κ1) is 15.6. The van der Waals surface area contributed by atoms with Crippen molar-refractivity contribution >= 4 is 11.3 Å². The third-order valence-electron chi connectivity index (χ3n) is 2.84. The van der Waals surface area contributed by atoms with E-state index in [4.69, 9.17) is 0 Å². The molecule has 2 N–H and O–H groups in total. The van der Waals surface area contributed by atoms with E-state index in [1.54, 1.807) is 11.3 Å². The van der Waals surface area contributed by atoms with Crippen molar-refractivity contribution in [1.29, 1.82) is 0 Å². The summed E-state index contributed by atoms with van der Waals surface area (Å²) in [6, 6.07) is 0. The van der Waals surface area contributed by atoms with E-state index < -0.39 is 0 Å². The molecule has 0 amide bonds. The minimum Gasteiger partial charge on any atom is -0.391 e. The normalized spacial score (nSPS) is 14.8. The third kappa shape index (κ3) is 4.67. The lowest BCUT2D eigenvalue weighted by Gasteiger charge is -2.25. The van der Waals surface area contributed by atoms with E-state index in [9.17, 15) is 5.11 Å². The molecular formula is C14H26N2OS. The number of hydrogen-bond donors (Lipinski definition) is 2. The van der Waals surface area contributed by atoms with Gasteiger partial charge in [0.2, 0.25) is 0 Å². The second-order valence-corrected chi connectivity index (χ2v) is 7.76. The van der Waals surface area contributed by atoms with Crippen molar-refractivity contribution in [3.05, 3.63) is 16.1 Å². The van der Waals surface area contributed by atoms with Crippen molar-refractivity contribution in [2.75, 3.05) is 6.54 Å². The molecule has 1 unspecified atom stereocenters. The number of aliphatic hydroxyl groups excluding tert-OH is 1. The highest BCUT2D eigenvalue weighted by molar-refractivity contribution is 7.09. The van der Waals surface area contributed by atoms with Crippen LogP contribution in [0.1, 0.15) is 52.2 Å². The van der Waals surface area contributed by atoms with Gasteiger partial charge >= 0.3 is 0 Å². The molecule has 1 aromatic rings. The highest BCUT2D eigenvalue weighted by Crippen LogP contribution is 2.25. The lowest BCUT2D eigenvalue weighted by atomic mass is 9.89. The summed E-state index contributed by atoms with van der Waals surface area (Å²) < 4.78 is 0. The Hall–Kier alpha value is -0.450. The van der Waals surface area contributed by atoms with Gasteiger partial charge in [-0.15, -0.1) is 11.3 Å². The van der Waals surface area contributed by atoms with E-state index in [-0.39, 0.29) is 16.9 Å². The van der Waals surface area contributed by atoms with Crippen molar-refractivity contribution in [1.82, 2.24) is 10.3 Å². The molecule has 0 spiro atoms. The smallest absolute Gasteiger partial charge is 0.0982 e. The van der Waals surface area contributed by atoms with Crippen LogP contribution in [-0.4, -0.2) is 22.7 Å². The molecule has 104 valence electrons. The average Bonchev–Trinajstić information content (AvgIpc) is 2.64. The number of hydrogen-bond acceptors (Lipinski definition) is 4. The molecule has 1 aromatic heterocycles. The minimum absolute atomic E-state index is 0.0777. The number of thiazole rings is 1. The van der Waals surface area contributed by atoms with E-state index in [0.717, 1.165) is 17.2 Å². The zero-order valence-electron chi connectivity index (χ0n) is 12.4. The maximum Gasteiger partial charge on any atom is 0.0982 e. The van der Waals surface area contributed by atoms with Crippen molar-refractivity contribution in [2.24, 2.45) is 5.41 Å². The van der Waals surface area contributed by atoms with Gasteiger partial charge in [0.15, 0.2) is 0 Å². The highest BCUT2D eigenvalue weighted by atomic mass is 32.1. The maximum atomic E-state index is 9.92. The van der Waals surface area contributed by atoms with Gasteiger partial charge in [0.1, 0.15) is 0 Å². The van der Waals surface area contributed by atoms with Crippen LogP contribution in [0, 0.1) is 5.41 Å². The van der Waals surface area contributed by atoms with Crippen molar-refractivity contribution in [2.45, 2.75) is 59.6 Å². The summed E-state index contributed by atoms with van der Waals surface area (Å²) in [4.78, 5) is 4.61. The molecule has 4 heteroatoms. The van der Waals surface area contributed by atoms with Crippen LogP contribution in [-0.2, 0) is 12.0 Å². The summed E-state index contributed by atoms with van der Waals surface area (Å²) >= 11 is 1.71. The highest BCUT2D eigenvalue weighted by Gasteiger charge is 2.22. The van der Waals surface area contributed by atoms with Crippen molar-refractivity contribution < 1.29 is 5.11 Å². The fraction of sp³-hybridized carbons (Fsp3) is 0.786.